The number of hydrogen-bond acceptors (Lipinski definition) is 2. The van der Waals surface area contributed by atoms with E-state index in [-0.39, 0.29) is 10.2 Å². The van der Waals surface area contributed by atoms with Crippen molar-refractivity contribution in [2.45, 2.75) is 26.4 Å². The monoisotopic (exact) mass is 362 g/mol. The molecule has 1 aromatic carbocycles. The largest absolute Gasteiger partial charge is 0.573 e. The van der Waals surface area contributed by atoms with Gasteiger partial charge in [-0.25, -0.2) is 0 Å². The van der Waals surface area contributed by atoms with Crippen molar-refractivity contribution in [2.75, 3.05) is 5.32 Å². The van der Waals surface area contributed by atoms with Crippen molar-refractivity contribution in [1.29, 1.82) is 0 Å². The molecule has 0 spiro atoms. The predicted molar refractivity (Wildman–Crippen MR) is 78.3 cm³/mol. The Kier molecular flexibility index (Phi) is 4.82. The molecule has 0 aliphatic heterocycles. The van der Waals surface area contributed by atoms with Crippen LogP contribution in [-0.4, -0.2) is 10.9 Å². The number of alkyl halides is 3. The minimum Gasteiger partial charge on any atom is -0.405 e. The zero-order chi connectivity index (χ0) is 15.5. The zero-order valence-electron chi connectivity index (χ0n) is 11.2. The molecule has 0 aliphatic rings. The normalized spacial score (nSPS) is 11.5. The third-order valence-electron chi connectivity index (χ3n) is 2.90. The average Bonchev–Trinajstić information content (AvgIpc) is 2.85. The molecule has 0 saturated carbocycles. The first-order valence-corrected chi connectivity index (χ1v) is 7.11. The van der Waals surface area contributed by atoms with E-state index >= 15 is 0 Å². The highest BCUT2D eigenvalue weighted by Gasteiger charge is 2.31. The van der Waals surface area contributed by atoms with Gasteiger partial charge in [-0.05, 0) is 53.2 Å². The summed E-state index contributed by atoms with van der Waals surface area (Å²) in [7, 11) is 0. The molecule has 2 aromatic rings. The molecule has 0 fully saturated rings. The summed E-state index contributed by atoms with van der Waals surface area (Å²) >= 11 is 3.08. The molecule has 0 atom stereocenters. The van der Waals surface area contributed by atoms with Crippen LogP contribution in [0.2, 0.25) is 0 Å². The predicted octanol–water partition coefficient (Wildman–Crippen LogP) is 4.78. The summed E-state index contributed by atoms with van der Waals surface area (Å²) in [5.74, 6) is -0.259. The molecule has 21 heavy (non-hydrogen) atoms. The molecule has 0 amide bonds. The van der Waals surface area contributed by atoms with E-state index in [2.05, 4.69) is 30.6 Å². The highest BCUT2D eigenvalue weighted by molar-refractivity contribution is 9.10. The summed E-state index contributed by atoms with van der Waals surface area (Å²) in [5, 5.41) is 3.17. The molecular weight excluding hydrogens is 349 g/mol. The summed E-state index contributed by atoms with van der Waals surface area (Å²) in [6.45, 7) is 3.50. The number of nitrogens with zero attached hydrogens (tertiary/aromatic N) is 1. The quantitative estimate of drug-likeness (QED) is 0.828. The van der Waals surface area contributed by atoms with Crippen molar-refractivity contribution in [3.05, 3.63) is 46.7 Å². The van der Waals surface area contributed by atoms with Gasteiger partial charge >= 0.3 is 6.36 Å². The first kappa shape index (κ1) is 15.8. The fourth-order valence-corrected chi connectivity index (χ4v) is 2.39. The van der Waals surface area contributed by atoms with E-state index in [1.54, 1.807) is 12.1 Å². The number of nitrogens with one attached hydrogen (secondary N) is 1. The Hall–Kier alpha value is -1.63. The lowest BCUT2D eigenvalue weighted by molar-refractivity contribution is -0.274. The number of hydrogen-bond donors (Lipinski definition) is 1. The molecule has 0 aliphatic carbocycles. The van der Waals surface area contributed by atoms with Gasteiger partial charge in [-0.15, -0.1) is 13.2 Å². The van der Waals surface area contributed by atoms with Crippen LogP contribution in [0.1, 0.15) is 12.6 Å². The number of benzene rings is 1. The second-order valence-corrected chi connectivity index (χ2v) is 5.19. The molecule has 0 unspecified atom stereocenters. The molecule has 1 aromatic heterocycles. The van der Waals surface area contributed by atoms with Crippen LogP contribution < -0.4 is 10.1 Å². The number of aryl methyl sites for hydroxylation is 1. The first-order valence-electron chi connectivity index (χ1n) is 6.32. The third kappa shape index (κ3) is 4.42. The second-order valence-electron chi connectivity index (χ2n) is 4.33. The Bertz CT molecular complexity index is 611. The van der Waals surface area contributed by atoms with Crippen LogP contribution in [0.5, 0.6) is 5.75 Å². The third-order valence-corrected chi connectivity index (χ3v) is 3.52. The number of rotatable bonds is 5. The van der Waals surface area contributed by atoms with E-state index in [0.29, 0.717) is 12.2 Å². The zero-order valence-corrected chi connectivity index (χ0v) is 12.8. The van der Waals surface area contributed by atoms with Crippen LogP contribution in [0.25, 0.3) is 0 Å². The van der Waals surface area contributed by atoms with Crippen molar-refractivity contribution in [1.82, 2.24) is 4.57 Å². The van der Waals surface area contributed by atoms with Gasteiger partial charge in [0.25, 0.3) is 0 Å². The molecule has 2 rings (SSSR count). The SMILES string of the molecule is CCn1cccc1CNc1ccc(OC(F)(F)F)c(Br)c1. The van der Waals surface area contributed by atoms with Crippen LogP contribution in [0, 0.1) is 0 Å². The van der Waals surface area contributed by atoms with Gasteiger partial charge in [0, 0.05) is 24.1 Å². The van der Waals surface area contributed by atoms with E-state index in [1.165, 1.54) is 6.07 Å². The Morgan fingerprint density at radius 2 is 2.05 bits per heavy atom. The van der Waals surface area contributed by atoms with Crippen molar-refractivity contribution in [2.24, 2.45) is 0 Å². The standard InChI is InChI=1S/C14H14BrF3N2O/c1-2-20-7-3-4-11(20)9-19-10-5-6-13(12(15)8-10)21-14(16,17)18/h3-8,19H,2,9H2,1H3. The van der Waals surface area contributed by atoms with Gasteiger partial charge in [0.15, 0.2) is 0 Å². The van der Waals surface area contributed by atoms with E-state index in [1.807, 2.05) is 25.3 Å². The summed E-state index contributed by atoms with van der Waals surface area (Å²) in [6, 6.07) is 8.33. The van der Waals surface area contributed by atoms with Crippen LogP contribution in [-0.2, 0) is 13.1 Å². The van der Waals surface area contributed by atoms with Crippen LogP contribution >= 0.6 is 15.9 Å². The molecule has 0 saturated heterocycles. The summed E-state index contributed by atoms with van der Waals surface area (Å²) in [6.07, 6.45) is -2.72. The minimum atomic E-state index is -4.70. The van der Waals surface area contributed by atoms with E-state index in [0.717, 1.165) is 12.2 Å². The lowest BCUT2D eigenvalue weighted by Crippen LogP contribution is -2.17. The van der Waals surface area contributed by atoms with Crippen LogP contribution in [0.4, 0.5) is 18.9 Å². The van der Waals surface area contributed by atoms with Gasteiger partial charge < -0.3 is 14.6 Å². The van der Waals surface area contributed by atoms with Gasteiger partial charge in [0.1, 0.15) is 5.75 Å². The van der Waals surface area contributed by atoms with Gasteiger partial charge in [-0.2, -0.15) is 0 Å². The first-order chi connectivity index (χ1) is 9.89. The molecular formula is C14H14BrF3N2O. The van der Waals surface area contributed by atoms with Crippen LogP contribution in [0.3, 0.4) is 0 Å². The number of aromatic nitrogens is 1. The van der Waals surface area contributed by atoms with Crippen molar-refractivity contribution < 1.29 is 17.9 Å². The van der Waals surface area contributed by atoms with Gasteiger partial charge in [0.05, 0.1) is 11.0 Å². The minimum absolute atomic E-state index is 0.246. The van der Waals surface area contributed by atoms with Crippen molar-refractivity contribution in [3.63, 3.8) is 0 Å². The molecule has 3 nitrogen and oxygen atoms in total. The van der Waals surface area contributed by atoms with Gasteiger partial charge in [-0.1, -0.05) is 0 Å². The highest BCUT2D eigenvalue weighted by atomic mass is 79.9. The molecule has 114 valence electrons. The van der Waals surface area contributed by atoms with Crippen LogP contribution in [0.15, 0.2) is 41.0 Å². The molecule has 0 radical (unpaired) electrons. The Morgan fingerprint density at radius 3 is 2.67 bits per heavy atom. The van der Waals surface area contributed by atoms with E-state index < -0.39 is 6.36 Å². The number of halogens is 4. The van der Waals surface area contributed by atoms with E-state index in [9.17, 15) is 13.2 Å². The van der Waals surface area contributed by atoms with Crippen molar-refractivity contribution in [3.8, 4) is 5.75 Å². The molecule has 0 bridgehead atoms. The second kappa shape index (κ2) is 6.43. The summed E-state index contributed by atoms with van der Waals surface area (Å²) in [4.78, 5) is 0. The Balaban J connectivity index is 2.03. The maximum Gasteiger partial charge on any atom is 0.573 e. The van der Waals surface area contributed by atoms with Gasteiger partial charge in [0.2, 0.25) is 0 Å². The smallest absolute Gasteiger partial charge is 0.405 e. The maximum atomic E-state index is 12.2. The fourth-order valence-electron chi connectivity index (χ4n) is 1.93. The Labute approximate surface area is 128 Å². The van der Waals surface area contributed by atoms with E-state index in [4.69, 9.17) is 0 Å². The van der Waals surface area contributed by atoms with Gasteiger partial charge in [-0.3, -0.25) is 0 Å². The topological polar surface area (TPSA) is 26.2 Å². The summed E-state index contributed by atoms with van der Waals surface area (Å²) in [5.41, 5.74) is 1.81. The molecule has 1 heterocycles. The molecule has 1 N–H and O–H groups in total. The van der Waals surface area contributed by atoms with Crippen molar-refractivity contribution >= 4 is 21.6 Å². The lowest BCUT2D eigenvalue weighted by atomic mass is 10.3. The molecule has 7 heteroatoms. The highest BCUT2D eigenvalue weighted by Crippen LogP contribution is 2.32. The maximum absolute atomic E-state index is 12.2. The lowest BCUT2D eigenvalue weighted by Gasteiger charge is -2.13. The number of anilines is 1. The summed E-state index contributed by atoms with van der Waals surface area (Å²) < 4.78 is 42.8. The fraction of sp³-hybridized carbons (Fsp3) is 0.286. The average molecular weight is 363 g/mol. The number of ether oxygens (including phenoxy) is 1. The Morgan fingerprint density at radius 1 is 1.29 bits per heavy atom.